The summed E-state index contributed by atoms with van der Waals surface area (Å²) >= 11 is 3.34. The van der Waals surface area contributed by atoms with E-state index in [0.717, 1.165) is 10.0 Å². The zero-order chi connectivity index (χ0) is 12.6. The lowest BCUT2D eigenvalue weighted by Gasteiger charge is -2.16. The first-order chi connectivity index (χ1) is 7.91. The van der Waals surface area contributed by atoms with Gasteiger partial charge in [-0.1, -0.05) is 15.9 Å². The summed E-state index contributed by atoms with van der Waals surface area (Å²) in [5, 5.41) is 9.39. The Balaban J connectivity index is 2.35. The molecule has 1 aromatic rings. The fraction of sp³-hybridized carbons (Fsp3) is 0.455. The van der Waals surface area contributed by atoms with Crippen LogP contribution in [0.15, 0.2) is 27.6 Å². The Kier molecular flexibility index (Phi) is 3.58. The summed E-state index contributed by atoms with van der Waals surface area (Å²) < 4.78 is 26.7. The normalized spacial score (nSPS) is 21.9. The van der Waals surface area contributed by atoms with E-state index in [-0.39, 0.29) is 11.4 Å². The first kappa shape index (κ1) is 13.0. The molecule has 0 amide bonds. The molecule has 0 radical (unpaired) electrons. The minimum absolute atomic E-state index is 0.192. The second-order valence-electron chi connectivity index (χ2n) is 4.22. The predicted molar refractivity (Wildman–Crippen MR) is 68.3 cm³/mol. The molecular formula is C11H14BrNO3S. The number of rotatable bonds is 2. The highest BCUT2D eigenvalue weighted by Crippen LogP contribution is 2.24. The summed E-state index contributed by atoms with van der Waals surface area (Å²) in [7, 11) is -3.46. The molecular weight excluding hydrogens is 306 g/mol. The van der Waals surface area contributed by atoms with Gasteiger partial charge in [-0.15, -0.1) is 0 Å². The molecule has 1 saturated heterocycles. The van der Waals surface area contributed by atoms with Crippen LogP contribution in [0.2, 0.25) is 0 Å². The van der Waals surface area contributed by atoms with E-state index in [1.54, 1.807) is 18.2 Å². The van der Waals surface area contributed by atoms with E-state index in [9.17, 15) is 13.5 Å². The van der Waals surface area contributed by atoms with Crippen LogP contribution in [-0.4, -0.2) is 37.0 Å². The van der Waals surface area contributed by atoms with E-state index >= 15 is 0 Å². The van der Waals surface area contributed by atoms with Crippen LogP contribution in [0.1, 0.15) is 12.0 Å². The molecule has 1 fully saturated rings. The largest absolute Gasteiger partial charge is 0.392 e. The van der Waals surface area contributed by atoms with Gasteiger partial charge in [0.25, 0.3) is 0 Å². The molecule has 2 rings (SSSR count). The molecule has 4 nitrogen and oxygen atoms in total. The minimum Gasteiger partial charge on any atom is -0.392 e. The van der Waals surface area contributed by atoms with Crippen molar-refractivity contribution in [3.05, 3.63) is 28.2 Å². The SMILES string of the molecule is Cc1cc(S(=O)(=O)N2CC[C@H](O)C2)ccc1Br. The first-order valence-corrected chi connectivity index (χ1v) is 7.59. The van der Waals surface area contributed by atoms with E-state index < -0.39 is 16.1 Å². The van der Waals surface area contributed by atoms with E-state index in [1.807, 2.05) is 6.92 Å². The van der Waals surface area contributed by atoms with Gasteiger partial charge in [0.2, 0.25) is 10.0 Å². The highest BCUT2D eigenvalue weighted by molar-refractivity contribution is 9.10. The van der Waals surface area contributed by atoms with Gasteiger partial charge in [0, 0.05) is 17.6 Å². The van der Waals surface area contributed by atoms with Gasteiger partial charge in [-0.25, -0.2) is 8.42 Å². The van der Waals surface area contributed by atoms with Crippen molar-refractivity contribution >= 4 is 26.0 Å². The topological polar surface area (TPSA) is 57.6 Å². The van der Waals surface area contributed by atoms with Crippen LogP contribution >= 0.6 is 15.9 Å². The third-order valence-electron chi connectivity index (χ3n) is 2.89. The molecule has 1 aromatic carbocycles. The van der Waals surface area contributed by atoms with Crippen molar-refractivity contribution in [2.24, 2.45) is 0 Å². The average molecular weight is 320 g/mol. The minimum atomic E-state index is -3.46. The molecule has 6 heteroatoms. The molecule has 17 heavy (non-hydrogen) atoms. The Morgan fingerprint density at radius 1 is 1.47 bits per heavy atom. The van der Waals surface area contributed by atoms with Gasteiger partial charge < -0.3 is 5.11 Å². The molecule has 0 aliphatic carbocycles. The fourth-order valence-corrected chi connectivity index (χ4v) is 3.68. The van der Waals surface area contributed by atoms with Gasteiger partial charge in [0.1, 0.15) is 0 Å². The number of aliphatic hydroxyl groups excluding tert-OH is 1. The molecule has 1 N–H and O–H groups in total. The summed E-state index contributed by atoms with van der Waals surface area (Å²) in [5.41, 5.74) is 0.880. The Morgan fingerprint density at radius 3 is 2.71 bits per heavy atom. The number of aliphatic hydroxyl groups is 1. The van der Waals surface area contributed by atoms with E-state index in [4.69, 9.17) is 0 Å². The summed E-state index contributed by atoms with van der Waals surface area (Å²) in [6, 6.07) is 4.95. The summed E-state index contributed by atoms with van der Waals surface area (Å²) in [6.45, 7) is 2.43. The third kappa shape index (κ3) is 2.54. The highest BCUT2D eigenvalue weighted by atomic mass is 79.9. The van der Waals surface area contributed by atoms with Crippen molar-refractivity contribution < 1.29 is 13.5 Å². The quantitative estimate of drug-likeness (QED) is 0.899. The summed E-state index contributed by atoms with van der Waals surface area (Å²) in [5.74, 6) is 0. The van der Waals surface area contributed by atoms with Gasteiger partial charge in [-0.3, -0.25) is 0 Å². The second kappa shape index (κ2) is 4.68. The molecule has 1 aliphatic heterocycles. The van der Waals surface area contributed by atoms with Crippen LogP contribution in [0.3, 0.4) is 0 Å². The van der Waals surface area contributed by atoms with Crippen LogP contribution in [-0.2, 0) is 10.0 Å². The van der Waals surface area contributed by atoms with Crippen molar-refractivity contribution in [1.82, 2.24) is 4.31 Å². The van der Waals surface area contributed by atoms with Crippen LogP contribution < -0.4 is 0 Å². The molecule has 0 bridgehead atoms. The standard InChI is InChI=1S/C11H14BrNO3S/c1-8-6-10(2-3-11(8)12)17(15,16)13-5-4-9(14)7-13/h2-3,6,9,14H,4-5,7H2,1H3/t9-/m0/s1. The predicted octanol–water partition coefficient (Wildman–Crippen LogP) is 1.51. The van der Waals surface area contributed by atoms with Gasteiger partial charge >= 0.3 is 0 Å². The number of halogens is 1. The van der Waals surface area contributed by atoms with Crippen molar-refractivity contribution in [2.45, 2.75) is 24.3 Å². The number of hydrogen-bond donors (Lipinski definition) is 1. The first-order valence-electron chi connectivity index (χ1n) is 5.35. The summed E-state index contributed by atoms with van der Waals surface area (Å²) in [4.78, 5) is 0.285. The maximum absolute atomic E-state index is 12.2. The Morgan fingerprint density at radius 2 is 2.18 bits per heavy atom. The number of sulfonamides is 1. The lowest BCUT2D eigenvalue weighted by atomic mass is 10.2. The zero-order valence-corrected chi connectivity index (χ0v) is 11.8. The van der Waals surface area contributed by atoms with Crippen molar-refractivity contribution in [3.8, 4) is 0 Å². The zero-order valence-electron chi connectivity index (χ0n) is 9.43. The van der Waals surface area contributed by atoms with Crippen LogP contribution in [0.5, 0.6) is 0 Å². The number of β-amino-alcohol motifs (C(OH)–C–C–N with tert-alkyl or cyclic N) is 1. The highest BCUT2D eigenvalue weighted by Gasteiger charge is 2.31. The second-order valence-corrected chi connectivity index (χ2v) is 7.01. The van der Waals surface area contributed by atoms with Gasteiger partial charge in [-0.2, -0.15) is 4.31 Å². The van der Waals surface area contributed by atoms with Gasteiger partial charge in [0.15, 0.2) is 0 Å². The van der Waals surface area contributed by atoms with Gasteiger partial charge in [-0.05, 0) is 37.1 Å². The molecule has 94 valence electrons. The lowest BCUT2D eigenvalue weighted by Crippen LogP contribution is -2.29. The smallest absolute Gasteiger partial charge is 0.243 e. The Bertz CT molecular complexity index is 530. The van der Waals surface area contributed by atoms with E-state index in [2.05, 4.69) is 15.9 Å². The number of hydrogen-bond acceptors (Lipinski definition) is 3. The molecule has 1 heterocycles. The van der Waals surface area contributed by atoms with Crippen molar-refractivity contribution in [3.63, 3.8) is 0 Å². The summed E-state index contributed by atoms with van der Waals surface area (Å²) in [6.07, 6.45) is -0.0318. The molecule has 0 aromatic heterocycles. The fourth-order valence-electron chi connectivity index (χ4n) is 1.86. The van der Waals surface area contributed by atoms with Crippen LogP contribution in [0.4, 0.5) is 0 Å². The monoisotopic (exact) mass is 319 g/mol. The van der Waals surface area contributed by atoms with Crippen LogP contribution in [0, 0.1) is 6.92 Å². The van der Waals surface area contributed by atoms with Crippen LogP contribution in [0.25, 0.3) is 0 Å². The molecule has 0 spiro atoms. The van der Waals surface area contributed by atoms with E-state index in [0.29, 0.717) is 13.0 Å². The molecule has 0 unspecified atom stereocenters. The van der Waals surface area contributed by atoms with Crippen molar-refractivity contribution in [1.29, 1.82) is 0 Å². The Labute approximate surface area is 109 Å². The molecule has 0 saturated carbocycles. The molecule has 1 aliphatic rings. The van der Waals surface area contributed by atoms with E-state index in [1.165, 1.54) is 4.31 Å². The average Bonchev–Trinajstić information content (AvgIpc) is 2.69. The third-order valence-corrected chi connectivity index (χ3v) is 5.64. The Hall–Kier alpha value is -0.430. The number of benzene rings is 1. The lowest BCUT2D eigenvalue weighted by molar-refractivity contribution is 0.189. The maximum Gasteiger partial charge on any atom is 0.243 e. The van der Waals surface area contributed by atoms with Gasteiger partial charge in [0.05, 0.1) is 11.0 Å². The molecule has 1 atom stereocenters. The van der Waals surface area contributed by atoms with Crippen molar-refractivity contribution in [2.75, 3.05) is 13.1 Å². The number of aryl methyl sites for hydroxylation is 1. The number of nitrogens with zero attached hydrogens (tertiary/aromatic N) is 1. The maximum atomic E-state index is 12.2.